The summed E-state index contributed by atoms with van der Waals surface area (Å²) in [6.07, 6.45) is 1.18. The minimum atomic E-state index is 0.0569. The third kappa shape index (κ3) is 5.04. The van der Waals surface area contributed by atoms with Crippen molar-refractivity contribution in [2.75, 3.05) is 6.54 Å². The standard InChI is InChI=1S/C18H19Cl2NO/c1-13(14-5-3-2-4-6-14)11-18(22)21-10-9-15-7-8-16(19)12-17(15)20/h2-8,12-13H,9-11H2,1H3,(H,21,22)/t13-/m0/s1. The predicted molar refractivity (Wildman–Crippen MR) is 92.6 cm³/mol. The van der Waals surface area contributed by atoms with E-state index in [2.05, 4.69) is 12.2 Å². The normalized spacial score (nSPS) is 12.0. The van der Waals surface area contributed by atoms with Crippen molar-refractivity contribution in [1.29, 1.82) is 0 Å². The highest BCUT2D eigenvalue weighted by molar-refractivity contribution is 6.35. The molecule has 2 aromatic rings. The fourth-order valence-electron chi connectivity index (χ4n) is 2.31. The molecule has 0 spiro atoms. The second-order valence-electron chi connectivity index (χ2n) is 5.35. The monoisotopic (exact) mass is 335 g/mol. The first-order valence-corrected chi connectivity index (χ1v) is 8.07. The SMILES string of the molecule is C[C@@H](CC(=O)NCCc1ccc(Cl)cc1Cl)c1ccccc1. The van der Waals surface area contributed by atoms with E-state index in [1.54, 1.807) is 6.07 Å². The van der Waals surface area contributed by atoms with Crippen molar-refractivity contribution in [3.05, 3.63) is 69.7 Å². The van der Waals surface area contributed by atoms with Gasteiger partial charge < -0.3 is 5.32 Å². The third-order valence-electron chi connectivity index (χ3n) is 3.59. The molecule has 0 radical (unpaired) electrons. The van der Waals surface area contributed by atoms with E-state index in [9.17, 15) is 4.79 Å². The van der Waals surface area contributed by atoms with Crippen LogP contribution < -0.4 is 5.32 Å². The van der Waals surface area contributed by atoms with Gasteiger partial charge >= 0.3 is 0 Å². The van der Waals surface area contributed by atoms with Gasteiger partial charge in [-0.15, -0.1) is 0 Å². The van der Waals surface area contributed by atoms with E-state index in [1.165, 1.54) is 5.56 Å². The van der Waals surface area contributed by atoms with Crippen LogP contribution in [-0.4, -0.2) is 12.5 Å². The van der Waals surface area contributed by atoms with Crippen molar-refractivity contribution < 1.29 is 4.79 Å². The van der Waals surface area contributed by atoms with E-state index in [0.29, 0.717) is 29.4 Å². The molecule has 1 atom stereocenters. The molecule has 1 amide bonds. The fourth-order valence-corrected chi connectivity index (χ4v) is 2.81. The highest BCUT2D eigenvalue weighted by atomic mass is 35.5. The van der Waals surface area contributed by atoms with Crippen LogP contribution in [0.15, 0.2) is 48.5 Å². The lowest BCUT2D eigenvalue weighted by Crippen LogP contribution is -2.26. The number of carbonyl (C=O) groups is 1. The Labute approximate surface area is 141 Å². The van der Waals surface area contributed by atoms with Crippen molar-refractivity contribution >= 4 is 29.1 Å². The molecule has 4 heteroatoms. The van der Waals surface area contributed by atoms with Gasteiger partial charge in [0.2, 0.25) is 5.91 Å². The number of amides is 1. The van der Waals surface area contributed by atoms with Gasteiger partial charge in [0.25, 0.3) is 0 Å². The predicted octanol–water partition coefficient (Wildman–Crippen LogP) is 4.85. The van der Waals surface area contributed by atoms with Gasteiger partial charge in [-0.1, -0.05) is 66.5 Å². The Morgan fingerprint density at radius 1 is 1.14 bits per heavy atom. The largest absolute Gasteiger partial charge is 0.356 e. The van der Waals surface area contributed by atoms with Crippen LogP contribution in [-0.2, 0) is 11.2 Å². The maximum atomic E-state index is 12.0. The van der Waals surface area contributed by atoms with Crippen LogP contribution in [0.25, 0.3) is 0 Å². The number of hydrogen-bond acceptors (Lipinski definition) is 1. The van der Waals surface area contributed by atoms with Gasteiger partial charge in [-0.2, -0.15) is 0 Å². The summed E-state index contributed by atoms with van der Waals surface area (Å²) in [6, 6.07) is 15.5. The van der Waals surface area contributed by atoms with Crippen molar-refractivity contribution in [3.8, 4) is 0 Å². The average Bonchev–Trinajstić information content (AvgIpc) is 2.50. The van der Waals surface area contributed by atoms with Gasteiger partial charge in [-0.05, 0) is 35.6 Å². The Balaban J connectivity index is 1.78. The van der Waals surface area contributed by atoms with Crippen molar-refractivity contribution in [3.63, 3.8) is 0 Å². The smallest absolute Gasteiger partial charge is 0.220 e. The lowest BCUT2D eigenvalue weighted by atomic mass is 9.97. The molecule has 2 nitrogen and oxygen atoms in total. The van der Waals surface area contributed by atoms with Crippen LogP contribution in [0.4, 0.5) is 0 Å². The molecule has 0 saturated carbocycles. The maximum absolute atomic E-state index is 12.0. The van der Waals surface area contributed by atoms with Gasteiger partial charge in [0, 0.05) is 23.0 Å². The Morgan fingerprint density at radius 3 is 2.55 bits per heavy atom. The molecule has 0 bridgehead atoms. The molecule has 22 heavy (non-hydrogen) atoms. The fraction of sp³-hybridized carbons (Fsp3) is 0.278. The van der Waals surface area contributed by atoms with E-state index in [0.717, 1.165) is 5.56 Å². The van der Waals surface area contributed by atoms with Crippen LogP contribution in [0.1, 0.15) is 30.4 Å². The first kappa shape index (κ1) is 16.9. The zero-order valence-corrected chi connectivity index (χ0v) is 14.0. The summed E-state index contributed by atoms with van der Waals surface area (Å²) in [5.41, 5.74) is 2.17. The van der Waals surface area contributed by atoms with E-state index in [1.807, 2.05) is 42.5 Å². The van der Waals surface area contributed by atoms with E-state index in [4.69, 9.17) is 23.2 Å². The first-order valence-electron chi connectivity index (χ1n) is 7.32. The molecule has 0 fully saturated rings. The van der Waals surface area contributed by atoms with E-state index >= 15 is 0 Å². The quantitative estimate of drug-likeness (QED) is 0.803. The zero-order chi connectivity index (χ0) is 15.9. The first-order chi connectivity index (χ1) is 10.6. The van der Waals surface area contributed by atoms with Crippen molar-refractivity contribution in [2.24, 2.45) is 0 Å². The van der Waals surface area contributed by atoms with Gasteiger partial charge in [0.15, 0.2) is 0 Å². The van der Waals surface area contributed by atoms with Gasteiger partial charge in [-0.25, -0.2) is 0 Å². The number of rotatable bonds is 6. The Morgan fingerprint density at radius 2 is 1.86 bits per heavy atom. The lowest BCUT2D eigenvalue weighted by Gasteiger charge is -2.12. The lowest BCUT2D eigenvalue weighted by molar-refractivity contribution is -0.121. The summed E-state index contributed by atoms with van der Waals surface area (Å²) in [5, 5.41) is 4.20. The number of carbonyl (C=O) groups excluding carboxylic acids is 1. The summed E-state index contributed by atoms with van der Waals surface area (Å²) in [6.45, 7) is 2.63. The van der Waals surface area contributed by atoms with Gasteiger partial charge in [-0.3, -0.25) is 4.79 Å². The van der Waals surface area contributed by atoms with Crippen LogP contribution in [0.5, 0.6) is 0 Å². The summed E-state index contributed by atoms with van der Waals surface area (Å²) < 4.78 is 0. The van der Waals surface area contributed by atoms with Crippen molar-refractivity contribution in [1.82, 2.24) is 5.32 Å². The highest BCUT2D eigenvalue weighted by Crippen LogP contribution is 2.21. The number of benzene rings is 2. The van der Waals surface area contributed by atoms with Crippen LogP contribution in [0, 0.1) is 0 Å². The van der Waals surface area contributed by atoms with Crippen LogP contribution in [0.2, 0.25) is 10.0 Å². The second kappa shape index (κ2) is 8.21. The molecule has 116 valence electrons. The van der Waals surface area contributed by atoms with Crippen LogP contribution in [0.3, 0.4) is 0 Å². The summed E-state index contributed by atoms with van der Waals surface area (Å²) >= 11 is 12.0. The van der Waals surface area contributed by atoms with E-state index in [-0.39, 0.29) is 11.8 Å². The molecule has 2 aromatic carbocycles. The molecule has 0 aliphatic carbocycles. The Bertz CT molecular complexity index is 628. The zero-order valence-electron chi connectivity index (χ0n) is 12.5. The molecule has 0 aromatic heterocycles. The number of hydrogen-bond donors (Lipinski definition) is 1. The molecule has 1 N–H and O–H groups in total. The molecular formula is C18H19Cl2NO. The maximum Gasteiger partial charge on any atom is 0.220 e. The third-order valence-corrected chi connectivity index (χ3v) is 4.18. The average molecular weight is 336 g/mol. The highest BCUT2D eigenvalue weighted by Gasteiger charge is 2.10. The molecule has 0 aliphatic rings. The summed E-state index contributed by atoms with van der Waals surface area (Å²) in [5.74, 6) is 0.266. The molecule has 0 saturated heterocycles. The molecule has 0 heterocycles. The Hall–Kier alpha value is -1.51. The minimum absolute atomic E-state index is 0.0569. The molecule has 0 unspecified atom stereocenters. The Kier molecular flexibility index (Phi) is 6.29. The molecule has 0 aliphatic heterocycles. The van der Waals surface area contributed by atoms with Gasteiger partial charge in [0.1, 0.15) is 0 Å². The second-order valence-corrected chi connectivity index (χ2v) is 6.20. The summed E-state index contributed by atoms with van der Waals surface area (Å²) in [4.78, 5) is 12.0. The summed E-state index contributed by atoms with van der Waals surface area (Å²) in [7, 11) is 0. The van der Waals surface area contributed by atoms with Gasteiger partial charge in [0.05, 0.1) is 0 Å². The molecule has 2 rings (SSSR count). The van der Waals surface area contributed by atoms with Crippen molar-refractivity contribution in [2.45, 2.75) is 25.7 Å². The number of nitrogens with one attached hydrogen (secondary N) is 1. The van der Waals surface area contributed by atoms with Crippen LogP contribution >= 0.6 is 23.2 Å². The minimum Gasteiger partial charge on any atom is -0.356 e. The number of halogens is 2. The topological polar surface area (TPSA) is 29.1 Å². The van der Waals surface area contributed by atoms with E-state index < -0.39 is 0 Å². The molecular weight excluding hydrogens is 317 g/mol.